The number of hydrogen-bond acceptors (Lipinski definition) is 3. The molecule has 2 aromatic heterocycles. The summed E-state index contributed by atoms with van der Waals surface area (Å²) in [6.07, 6.45) is 0.0467. The normalized spacial score (nSPS) is 13.0. The van der Waals surface area contributed by atoms with Crippen LogP contribution in [0.5, 0.6) is 0 Å². The monoisotopic (exact) mass is 244 g/mol. The van der Waals surface area contributed by atoms with Gasteiger partial charge in [0.25, 0.3) is 0 Å². The Labute approximate surface area is 103 Å². The molecule has 0 bridgehead atoms. The number of aliphatic hydroxyl groups is 1. The third-order valence-corrected chi connectivity index (χ3v) is 3.67. The molecular formula is C13H12N2OS. The van der Waals surface area contributed by atoms with Gasteiger partial charge in [0.05, 0.1) is 17.1 Å². The van der Waals surface area contributed by atoms with Crippen LogP contribution in [0.3, 0.4) is 0 Å². The fraction of sp³-hybridized carbons (Fsp3) is 0.154. The van der Waals surface area contributed by atoms with Gasteiger partial charge in [-0.2, -0.15) is 0 Å². The van der Waals surface area contributed by atoms with Crippen LogP contribution in [0.25, 0.3) is 11.0 Å². The first-order valence-electron chi connectivity index (χ1n) is 5.48. The number of nitrogens with one attached hydrogen (secondary N) is 1. The Morgan fingerprint density at radius 2 is 2.12 bits per heavy atom. The van der Waals surface area contributed by atoms with E-state index in [1.54, 1.807) is 11.3 Å². The summed E-state index contributed by atoms with van der Waals surface area (Å²) in [5, 5.41) is 12.0. The van der Waals surface area contributed by atoms with Gasteiger partial charge in [-0.05, 0) is 23.6 Å². The zero-order valence-corrected chi connectivity index (χ0v) is 9.95. The van der Waals surface area contributed by atoms with Crippen LogP contribution in [0.4, 0.5) is 0 Å². The minimum atomic E-state index is -0.476. The Balaban J connectivity index is 1.85. The van der Waals surface area contributed by atoms with Gasteiger partial charge in [0, 0.05) is 11.3 Å². The first-order chi connectivity index (χ1) is 8.33. The smallest absolute Gasteiger partial charge is 0.110 e. The van der Waals surface area contributed by atoms with Crippen molar-refractivity contribution in [2.75, 3.05) is 0 Å². The van der Waals surface area contributed by atoms with Crippen molar-refractivity contribution in [2.24, 2.45) is 0 Å². The molecule has 0 aliphatic rings. The van der Waals surface area contributed by atoms with Gasteiger partial charge in [-0.25, -0.2) is 4.98 Å². The molecule has 0 amide bonds. The number of para-hydroxylation sites is 2. The average molecular weight is 244 g/mol. The number of fused-ring (bicyclic) bond motifs is 1. The highest BCUT2D eigenvalue weighted by Gasteiger charge is 2.12. The van der Waals surface area contributed by atoms with Crippen molar-refractivity contribution in [3.63, 3.8) is 0 Å². The van der Waals surface area contributed by atoms with E-state index in [1.807, 2.05) is 41.8 Å². The Morgan fingerprint density at radius 1 is 1.24 bits per heavy atom. The SMILES string of the molecule is O[C@@H](Cc1nc2ccccc2[nH]1)c1cccs1. The lowest BCUT2D eigenvalue weighted by atomic mass is 10.2. The summed E-state index contributed by atoms with van der Waals surface area (Å²) >= 11 is 1.57. The third-order valence-electron chi connectivity index (χ3n) is 2.70. The summed E-state index contributed by atoms with van der Waals surface area (Å²) in [5.74, 6) is 0.826. The molecule has 1 atom stereocenters. The lowest BCUT2D eigenvalue weighted by molar-refractivity contribution is 0.180. The first kappa shape index (κ1) is 10.5. The predicted molar refractivity (Wildman–Crippen MR) is 69.1 cm³/mol. The van der Waals surface area contributed by atoms with E-state index in [0.717, 1.165) is 21.7 Å². The summed E-state index contributed by atoms with van der Waals surface area (Å²) in [7, 11) is 0. The van der Waals surface area contributed by atoms with Gasteiger partial charge in [0.15, 0.2) is 0 Å². The maximum absolute atomic E-state index is 10.0. The Kier molecular flexibility index (Phi) is 2.66. The molecule has 0 unspecified atom stereocenters. The number of nitrogens with zero attached hydrogens (tertiary/aromatic N) is 1. The molecule has 3 nitrogen and oxygen atoms in total. The lowest BCUT2D eigenvalue weighted by Gasteiger charge is -2.05. The molecule has 17 heavy (non-hydrogen) atoms. The van der Waals surface area contributed by atoms with Gasteiger partial charge in [0.1, 0.15) is 5.82 Å². The summed E-state index contributed by atoms with van der Waals surface area (Å²) in [4.78, 5) is 8.65. The molecule has 0 spiro atoms. The number of imidazole rings is 1. The van der Waals surface area contributed by atoms with Crippen LogP contribution in [-0.2, 0) is 6.42 Å². The number of thiophene rings is 1. The summed E-state index contributed by atoms with van der Waals surface area (Å²) in [6.45, 7) is 0. The van der Waals surface area contributed by atoms with Crippen LogP contribution in [0, 0.1) is 0 Å². The number of aliphatic hydroxyl groups excluding tert-OH is 1. The van der Waals surface area contributed by atoms with Crippen LogP contribution >= 0.6 is 11.3 Å². The molecule has 3 aromatic rings. The maximum atomic E-state index is 10.0. The number of benzene rings is 1. The fourth-order valence-corrected chi connectivity index (χ4v) is 2.58. The van der Waals surface area contributed by atoms with Gasteiger partial charge >= 0.3 is 0 Å². The standard InChI is InChI=1S/C13H12N2OS/c16-11(12-6-3-7-17-12)8-13-14-9-4-1-2-5-10(9)15-13/h1-7,11,16H,8H2,(H,14,15)/t11-/m0/s1. The van der Waals surface area contributed by atoms with E-state index in [0.29, 0.717) is 6.42 Å². The highest BCUT2D eigenvalue weighted by molar-refractivity contribution is 7.10. The molecule has 4 heteroatoms. The molecule has 0 fully saturated rings. The minimum absolute atomic E-state index is 0.476. The number of rotatable bonds is 3. The summed E-state index contributed by atoms with van der Waals surface area (Å²) in [6, 6.07) is 11.8. The largest absolute Gasteiger partial charge is 0.387 e. The fourth-order valence-electron chi connectivity index (χ4n) is 1.87. The highest BCUT2D eigenvalue weighted by Crippen LogP contribution is 2.22. The average Bonchev–Trinajstić information content (AvgIpc) is 2.97. The molecule has 0 aliphatic carbocycles. The van der Waals surface area contributed by atoms with Gasteiger partial charge in [-0.1, -0.05) is 18.2 Å². The van der Waals surface area contributed by atoms with Crippen molar-refractivity contribution in [1.29, 1.82) is 0 Å². The molecule has 3 rings (SSSR count). The van der Waals surface area contributed by atoms with Crippen LogP contribution in [-0.4, -0.2) is 15.1 Å². The van der Waals surface area contributed by atoms with E-state index in [2.05, 4.69) is 9.97 Å². The first-order valence-corrected chi connectivity index (χ1v) is 6.36. The van der Waals surface area contributed by atoms with Crippen molar-refractivity contribution in [3.8, 4) is 0 Å². The Morgan fingerprint density at radius 3 is 2.88 bits per heavy atom. The van der Waals surface area contributed by atoms with E-state index in [-0.39, 0.29) is 0 Å². The molecule has 0 saturated carbocycles. The van der Waals surface area contributed by atoms with Crippen LogP contribution in [0.1, 0.15) is 16.8 Å². The van der Waals surface area contributed by atoms with Crippen LogP contribution in [0.2, 0.25) is 0 Å². The van der Waals surface area contributed by atoms with Gasteiger partial charge < -0.3 is 10.1 Å². The van der Waals surface area contributed by atoms with E-state index in [1.165, 1.54) is 0 Å². The number of H-pyrrole nitrogens is 1. The topological polar surface area (TPSA) is 48.9 Å². The number of aromatic amines is 1. The second kappa shape index (κ2) is 4.31. The zero-order chi connectivity index (χ0) is 11.7. The van der Waals surface area contributed by atoms with Gasteiger partial charge in [-0.3, -0.25) is 0 Å². The summed E-state index contributed by atoms with van der Waals surface area (Å²) < 4.78 is 0. The second-order valence-electron chi connectivity index (χ2n) is 3.94. The molecule has 0 aliphatic heterocycles. The predicted octanol–water partition coefficient (Wildman–Crippen LogP) is 2.90. The van der Waals surface area contributed by atoms with E-state index < -0.39 is 6.10 Å². The van der Waals surface area contributed by atoms with E-state index in [9.17, 15) is 5.11 Å². The van der Waals surface area contributed by atoms with Crippen LogP contribution in [0.15, 0.2) is 41.8 Å². The molecule has 86 valence electrons. The van der Waals surface area contributed by atoms with Crippen molar-refractivity contribution < 1.29 is 5.11 Å². The zero-order valence-electron chi connectivity index (χ0n) is 9.13. The molecule has 0 radical (unpaired) electrons. The van der Waals surface area contributed by atoms with Crippen LogP contribution < -0.4 is 0 Å². The minimum Gasteiger partial charge on any atom is -0.387 e. The van der Waals surface area contributed by atoms with E-state index in [4.69, 9.17) is 0 Å². The van der Waals surface area contributed by atoms with Gasteiger partial charge in [0.2, 0.25) is 0 Å². The lowest BCUT2D eigenvalue weighted by Crippen LogP contribution is -2.00. The number of hydrogen-bond donors (Lipinski definition) is 2. The van der Waals surface area contributed by atoms with E-state index >= 15 is 0 Å². The molecule has 0 saturated heterocycles. The Bertz CT molecular complexity index is 582. The summed E-state index contributed by atoms with van der Waals surface area (Å²) in [5.41, 5.74) is 1.96. The Hall–Kier alpha value is -1.65. The van der Waals surface area contributed by atoms with Crippen molar-refractivity contribution in [3.05, 3.63) is 52.5 Å². The van der Waals surface area contributed by atoms with Crippen molar-refractivity contribution in [1.82, 2.24) is 9.97 Å². The van der Waals surface area contributed by atoms with Crippen molar-refractivity contribution in [2.45, 2.75) is 12.5 Å². The molecule has 1 aromatic carbocycles. The second-order valence-corrected chi connectivity index (χ2v) is 4.92. The number of aromatic nitrogens is 2. The molecule has 2 N–H and O–H groups in total. The molecule has 2 heterocycles. The quantitative estimate of drug-likeness (QED) is 0.744. The van der Waals surface area contributed by atoms with Crippen molar-refractivity contribution >= 4 is 22.4 Å². The van der Waals surface area contributed by atoms with Gasteiger partial charge in [-0.15, -0.1) is 11.3 Å². The third kappa shape index (κ3) is 2.09. The highest BCUT2D eigenvalue weighted by atomic mass is 32.1. The molecular weight excluding hydrogens is 232 g/mol. The maximum Gasteiger partial charge on any atom is 0.110 e.